The molecular formula is C28H21Br2N3O4S. The SMILES string of the molecule is COc1cccc([C@H]2C(C(=O)Nc3ccccc3)=C(C)N=c3s/c(=C\c4cc(Br)c(O)c(Br)c4)c(=O)n32)c1. The Kier molecular flexibility index (Phi) is 7.38. The van der Waals surface area contributed by atoms with Crippen LogP contribution in [0.15, 0.2) is 96.7 Å². The molecule has 1 aliphatic heterocycles. The predicted molar refractivity (Wildman–Crippen MR) is 155 cm³/mol. The van der Waals surface area contributed by atoms with Crippen molar-refractivity contribution in [3.63, 3.8) is 0 Å². The van der Waals surface area contributed by atoms with Crippen LogP contribution in [0.3, 0.4) is 0 Å². The fraction of sp³-hybridized carbons (Fsp3) is 0.107. The van der Waals surface area contributed by atoms with Crippen LogP contribution in [0.1, 0.15) is 24.1 Å². The number of ether oxygens (including phenoxy) is 1. The van der Waals surface area contributed by atoms with Crippen molar-refractivity contribution < 1.29 is 14.6 Å². The normalized spacial score (nSPS) is 15.2. The molecule has 1 atom stereocenters. The van der Waals surface area contributed by atoms with Crippen molar-refractivity contribution in [2.24, 2.45) is 4.99 Å². The number of nitrogens with zero attached hydrogens (tertiary/aromatic N) is 2. The van der Waals surface area contributed by atoms with Crippen LogP contribution in [0.25, 0.3) is 6.08 Å². The average Bonchev–Trinajstić information content (AvgIpc) is 3.20. The number of anilines is 1. The molecule has 0 spiro atoms. The van der Waals surface area contributed by atoms with Gasteiger partial charge in [0.2, 0.25) is 0 Å². The molecule has 4 aromatic rings. The highest BCUT2D eigenvalue weighted by molar-refractivity contribution is 9.11. The standard InChI is InChI=1S/C28H21Br2N3O4S/c1-15-23(26(35)32-18-8-4-3-5-9-18)24(17-7-6-10-19(14-17)37-2)33-27(36)22(38-28(33)31-15)13-16-11-20(29)25(34)21(30)12-16/h3-14,24,34H,1-2H3,(H,32,35)/b22-13-/t24-/m0/s1. The number of phenols is 1. The van der Waals surface area contributed by atoms with Crippen LogP contribution in [-0.2, 0) is 4.79 Å². The smallest absolute Gasteiger partial charge is 0.271 e. The van der Waals surface area contributed by atoms with Crippen molar-refractivity contribution >= 4 is 60.9 Å². The van der Waals surface area contributed by atoms with Gasteiger partial charge in [-0.25, -0.2) is 4.99 Å². The number of aromatic hydroxyl groups is 1. The number of hydrogen-bond donors (Lipinski definition) is 2. The third-order valence-electron chi connectivity index (χ3n) is 6.04. The first kappa shape index (κ1) is 26.1. The quantitative estimate of drug-likeness (QED) is 0.313. The van der Waals surface area contributed by atoms with E-state index in [-0.39, 0.29) is 17.2 Å². The lowest BCUT2D eigenvalue weighted by Crippen LogP contribution is -2.40. The number of benzene rings is 3. The van der Waals surface area contributed by atoms with E-state index in [1.54, 1.807) is 48.9 Å². The Labute approximate surface area is 238 Å². The van der Waals surface area contributed by atoms with E-state index in [0.717, 1.165) is 5.56 Å². The number of amides is 1. The van der Waals surface area contributed by atoms with Gasteiger partial charge >= 0.3 is 0 Å². The topological polar surface area (TPSA) is 92.9 Å². The highest BCUT2D eigenvalue weighted by atomic mass is 79.9. The maximum Gasteiger partial charge on any atom is 0.271 e. The maximum absolute atomic E-state index is 13.8. The fourth-order valence-electron chi connectivity index (χ4n) is 4.28. The lowest BCUT2D eigenvalue weighted by atomic mass is 9.95. The van der Waals surface area contributed by atoms with Crippen molar-refractivity contribution in [2.45, 2.75) is 13.0 Å². The first-order chi connectivity index (χ1) is 18.3. The van der Waals surface area contributed by atoms with E-state index in [1.807, 2.05) is 42.5 Å². The molecule has 1 amide bonds. The number of allylic oxidation sites excluding steroid dienone is 1. The molecule has 0 fully saturated rings. The minimum atomic E-state index is -0.717. The number of methoxy groups -OCH3 is 1. The summed E-state index contributed by atoms with van der Waals surface area (Å²) in [5.74, 6) is 0.346. The lowest BCUT2D eigenvalue weighted by Gasteiger charge is -2.25. The van der Waals surface area contributed by atoms with Crippen LogP contribution < -0.4 is 24.9 Å². The lowest BCUT2D eigenvalue weighted by molar-refractivity contribution is -0.113. The number of halogens is 2. The molecule has 192 valence electrons. The molecule has 1 aromatic heterocycles. The summed E-state index contributed by atoms with van der Waals surface area (Å²) in [5.41, 5.74) is 2.69. The molecule has 0 saturated heterocycles. The Hall–Kier alpha value is -3.47. The molecule has 0 radical (unpaired) electrons. The molecule has 0 bridgehead atoms. The van der Waals surface area contributed by atoms with E-state index in [0.29, 0.717) is 46.5 Å². The van der Waals surface area contributed by atoms with Crippen molar-refractivity contribution in [3.8, 4) is 11.5 Å². The van der Waals surface area contributed by atoms with E-state index >= 15 is 0 Å². The molecule has 10 heteroatoms. The van der Waals surface area contributed by atoms with E-state index in [4.69, 9.17) is 4.74 Å². The van der Waals surface area contributed by atoms with Gasteiger partial charge in [0.25, 0.3) is 11.5 Å². The molecule has 0 aliphatic carbocycles. The summed E-state index contributed by atoms with van der Waals surface area (Å²) in [6.07, 6.45) is 1.74. The van der Waals surface area contributed by atoms with Crippen LogP contribution in [0.2, 0.25) is 0 Å². The molecular weight excluding hydrogens is 634 g/mol. The summed E-state index contributed by atoms with van der Waals surface area (Å²) < 4.78 is 8.43. The molecule has 1 aliphatic rings. The molecule has 7 nitrogen and oxygen atoms in total. The number of thiazole rings is 1. The second-order valence-corrected chi connectivity index (χ2v) is 11.2. The zero-order valence-electron chi connectivity index (χ0n) is 20.2. The van der Waals surface area contributed by atoms with Gasteiger partial charge in [-0.3, -0.25) is 14.2 Å². The predicted octanol–water partition coefficient (Wildman–Crippen LogP) is 5.11. The summed E-state index contributed by atoms with van der Waals surface area (Å²) in [7, 11) is 1.57. The number of para-hydroxylation sites is 1. The second kappa shape index (κ2) is 10.7. The molecule has 0 saturated carbocycles. The van der Waals surface area contributed by atoms with Crippen molar-refractivity contribution in [1.82, 2.24) is 4.57 Å². The number of aromatic nitrogens is 1. The Morgan fingerprint density at radius 3 is 2.50 bits per heavy atom. The van der Waals surface area contributed by atoms with Gasteiger partial charge in [0.1, 0.15) is 11.5 Å². The summed E-state index contributed by atoms with van der Waals surface area (Å²) in [5, 5.41) is 13.0. The van der Waals surface area contributed by atoms with Crippen LogP contribution >= 0.6 is 43.2 Å². The molecule has 2 heterocycles. The third-order valence-corrected chi connectivity index (χ3v) is 8.24. The Bertz CT molecular complexity index is 1750. The average molecular weight is 655 g/mol. The monoisotopic (exact) mass is 653 g/mol. The Morgan fingerprint density at radius 1 is 1.11 bits per heavy atom. The van der Waals surface area contributed by atoms with Crippen molar-refractivity contribution in [3.05, 3.63) is 118 Å². The van der Waals surface area contributed by atoms with Gasteiger partial charge in [-0.15, -0.1) is 0 Å². The van der Waals surface area contributed by atoms with Crippen molar-refractivity contribution in [2.75, 3.05) is 12.4 Å². The van der Waals surface area contributed by atoms with Crippen LogP contribution in [0, 0.1) is 0 Å². The summed E-state index contributed by atoms with van der Waals surface area (Å²) in [4.78, 5) is 32.6. The Balaban J connectivity index is 1.70. The highest BCUT2D eigenvalue weighted by Crippen LogP contribution is 2.34. The van der Waals surface area contributed by atoms with Gasteiger partial charge in [0.15, 0.2) is 4.80 Å². The fourth-order valence-corrected chi connectivity index (χ4v) is 6.55. The number of rotatable bonds is 5. The summed E-state index contributed by atoms with van der Waals surface area (Å²) in [6, 6.07) is 19.2. The van der Waals surface area contributed by atoms with Crippen LogP contribution in [0.4, 0.5) is 5.69 Å². The zero-order valence-corrected chi connectivity index (χ0v) is 24.2. The maximum atomic E-state index is 13.8. The number of phenolic OH excluding ortho intramolecular Hbond substituents is 1. The number of nitrogens with one attached hydrogen (secondary N) is 1. The minimum absolute atomic E-state index is 0.0753. The first-order valence-corrected chi connectivity index (χ1v) is 13.9. The van der Waals surface area contributed by atoms with Gasteiger partial charge in [0, 0.05) is 5.69 Å². The molecule has 5 rings (SSSR count). The number of hydrogen-bond acceptors (Lipinski definition) is 6. The van der Waals surface area contributed by atoms with E-state index < -0.39 is 6.04 Å². The second-order valence-electron chi connectivity index (χ2n) is 8.51. The van der Waals surface area contributed by atoms with Gasteiger partial charge in [-0.2, -0.15) is 0 Å². The zero-order chi connectivity index (χ0) is 27.0. The van der Waals surface area contributed by atoms with E-state index in [2.05, 4.69) is 42.2 Å². The summed E-state index contributed by atoms with van der Waals surface area (Å²) >= 11 is 7.91. The van der Waals surface area contributed by atoms with Gasteiger partial charge in [-0.05, 0) is 92.4 Å². The number of fused-ring (bicyclic) bond motifs is 1. The van der Waals surface area contributed by atoms with Crippen molar-refractivity contribution in [1.29, 1.82) is 0 Å². The Morgan fingerprint density at radius 2 is 1.82 bits per heavy atom. The molecule has 3 aromatic carbocycles. The molecule has 2 N–H and O–H groups in total. The van der Waals surface area contributed by atoms with E-state index in [9.17, 15) is 14.7 Å². The molecule has 0 unspecified atom stereocenters. The highest BCUT2D eigenvalue weighted by Gasteiger charge is 2.32. The van der Waals surface area contributed by atoms with Crippen LogP contribution in [0.5, 0.6) is 11.5 Å². The molecule has 38 heavy (non-hydrogen) atoms. The van der Waals surface area contributed by atoms with E-state index in [1.165, 1.54) is 11.3 Å². The first-order valence-electron chi connectivity index (χ1n) is 11.5. The van der Waals surface area contributed by atoms with Gasteiger partial charge in [-0.1, -0.05) is 41.7 Å². The largest absolute Gasteiger partial charge is 0.506 e. The summed E-state index contributed by atoms with van der Waals surface area (Å²) in [6.45, 7) is 1.78. The third kappa shape index (κ3) is 4.99. The van der Waals surface area contributed by atoms with Gasteiger partial charge in [0.05, 0.1) is 37.9 Å². The minimum Gasteiger partial charge on any atom is -0.506 e. The van der Waals surface area contributed by atoms with Crippen LogP contribution in [-0.4, -0.2) is 22.7 Å². The number of carbonyl (C=O) groups is 1. The van der Waals surface area contributed by atoms with Gasteiger partial charge < -0.3 is 15.2 Å². The number of carbonyl (C=O) groups excluding carboxylic acids is 1.